The smallest absolute Gasteiger partial charge is 0.255 e. The van der Waals surface area contributed by atoms with Crippen LogP contribution in [-0.2, 0) is 6.54 Å². The van der Waals surface area contributed by atoms with E-state index < -0.39 is 0 Å². The van der Waals surface area contributed by atoms with Gasteiger partial charge in [0.15, 0.2) is 0 Å². The fourth-order valence-electron chi connectivity index (χ4n) is 2.27. The Bertz CT molecular complexity index is 807. The molecule has 0 aliphatic heterocycles. The van der Waals surface area contributed by atoms with Gasteiger partial charge in [-0.15, -0.1) is 0 Å². The van der Waals surface area contributed by atoms with Gasteiger partial charge in [-0.3, -0.25) is 4.79 Å². The van der Waals surface area contributed by atoms with E-state index in [4.69, 9.17) is 0 Å². The quantitative estimate of drug-likeness (QED) is 0.650. The largest absolute Gasteiger partial charge is 0.331 e. The molecule has 0 radical (unpaired) electrons. The number of carbonyl (C=O) groups excluding carboxylic acids is 1. The molecule has 5 heteroatoms. The molecule has 0 saturated carbocycles. The summed E-state index contributed by atoms with van der Waals surface area (Å²) in [5.74, 6) is 0.877. The van der Waals surface area contributed by atoms with Crippen molar-refractivity contribution in [2.45, 2.75) is 13.5 Å². The second-order valence-corrected chi connectivity index (χ2v) is 6.51. The van der Waals surface area contributed by atoms with Gasteiger partial charge in [0.2, 0.25) is 0 Å². The molecular formula is C18H16IN3O. The van der Waals surface area contributed by atoms with E-state index in [1.165, 1.54) is 0 Å². The van der Waals surface area contributed by atoms with Gasteiger partial charge in [-0.2, -0.15) is 0 Å². The number of anilines is 1. The molecule has 1 aromatic heterocycles. The SMILES string of the molecule is Cc1nccn1Cc1ccc(C(=O)Nc2ccc(I)cc2)cc1. The van der Waals surface area contributed by atoms with Gasteiger partial charge < -0.3 is 9.88 Å². The van der Waals surface area contributed by atoms with Crippen LogP contribution in [0.25, 0.3) is 0 Å². The number of nitrogens with one attached hydrogen (secondary N) is 1. The molecule has 0 spiro atoms. The standard InChI is InChI=1S/C18H16IN3O/c1-13-20-10-11-22(13)12-14-2-4-15(5-3-14)18(23)21-17-8-6-16(19)7-9-17/h2-11H,12H2,1H3,(H,21,23). The monoisotopic (exact) mass is 417 g/mol. The van der Waals surface area contributed by atoms with Crippen molar-refractivity contribution in [1.82, 2.24) is 9.55 Å². The van der Waals surface area contributed by atoms with Gasteiger partial charge in [0.1, 0.15) is 5.82 Å². The minimum atomic E-state index is -0.100. The average molecular weight is 417 g/mol. The predicted octanol–water partition coefficient (Wildman–Crippen LogP) is 4.10. The molecule has 0 fully saturated rings. The molecule has 1 N–H and O–H groups in total. The van der Waals surface area contributed by atoms with Crippen LogP contribution in [0.3, 0.4) is 0 Å². The lowest BCUT2D eigenvalue weighted by Gasteiger charge is -2.08. The third-order valence-corrected chi connectivity index (χ3v) is 4.31. The van der Waals surface area contributed by atoms with E-state index in [2.05, 4.69) is 37.5 Å². The number of amides is 1. The lowest BCUT2D eigenvalue weighted by molar-refractivity contribution is 0.102. The molecule has 4 nitrogen and oxygen atoms in total. The molecule has 1 amide bonds. The lowest BCUT2D eigenvalue weighted by atomic mass is 10.1. The van der Waals surface area contributed by atoms with Gasteiger partial charge in [-0.05, 0) is 71.5 Å². The van der Waals surface area contributed by atoms with Crippen molar-refractivity contribution < 1.29 is 4.79 Å². The van der Waals surface area contributed by atoms with E-state index in [9.17, 15) is 4.79 Å². The van der Waals surface area contributed by atoms with Crippen LogP contribution in [-0.4, -0.2) is 15.5 Å². The summed E-state index contributed by atoms with van der Waals surface area (Å²) >= 11 is 2.24. The minimum absolute atomic E-state index is 0.100. The number of aromatic nitrogens is 2. The first kappa shape index (κ1) is 15.7. The van der Waals surface area contributed by atoms with Crippen LogP contribution in [0, 0.1) is 10.5 Å². The van der Waals surface area contributed by atoms with E-state index in [1.807, 2.05) is 61.7 Å². The maximum Gasteiger partial charge on any atom is 0.255 e. The Kier molecular flexibility index (Phi) is 4.76. The third-order valence-electron chi connectivity index (χ3n) is 3.59. The van der Waals surface area contributed by atoms with Crippen molar-refractivity contribution >= 4 is 34.2 Å². The molecule has 2 aromatic carbocycles. The molecule has 3 aromatic rings. The molecule has 23 heavy (non-hydrogen) atoms. The number of imidazole rings is 1. The van der Waals surface area contributed by atoms with Crippen LogP contribution >= 0.6 is 22.6 Å². The Labute approximate surface area is 148 Å². The van der Waals surface area contributed by atoms with Gasteiger partial charge >= 0.3 is 0 Å². The van der Waals surface area contributed by atoms with Gasteiger partial charge in [-0.25, -0.2) is 4.98 Å². The maximum atomic E-state index is 12.3. The highest BCUT2D eigenvalue weighted by Crippen LogP contribution is 2.13. The highest BCUT2D eigenvalue weighted by Gasteiger charge is 2.06. The van der Waals surface area contributed by atoms with Gasteiger partial charge in [-0.1, -0.05) is 12.1 Å². The van der Waals surface area contributed by atoms with Crippen LogP contribution in [0.15, 0.2) is 60.9 Å². The van der Waals surface area contributed by atoms with Crippen molar-refractivity contribution in [3.63, 3.8) is 0 Å². The van der Waals surface area contributed by atoms with E-state index in [1.54, 1.807) is 6.20 Å². The second-order valence-electron chi connectivity index (χ2n) is 5.26. The summed E-state index contributed by atoms with van der Waals surface area (Å²) in [5, 5.41) is 2.90. The Morgan fingerprint density at radius 2 is 1.83 bits per heavy atom. The molecule has 0 unspecified atom stereocenters. The molecule has 116 valence electrons. The van der Waals surface area contributed by atoms with E-state index >= 15 is 0 Å². The summed E-state index contributed by atoms with van der Waals surface area (Å²) in [7, 11) is 0. The van der Waals surface area contributed by atoms with E-state index in [0.717, 1.165) is 27.2 Å². The van der Waals surface area contributed by atoms with Crippen LogP contribution in [0.4, 0.5) is 5.69 Å². The number of rotatable bonds is 4. The summed E-state index contributed by atoms with van der Waals surface area (Å²) in [6.45, 7) is 2.73. The second kappa shape index (κ2) is 6.95. The number of hydrogen-bond donors (Lipinski definition) is 1. The zero-order valence-corrected chi connectivity index (χ0v) is 14.8. The summed E-state index contributed by atoms with van der Waals surface area (Å²) in [4.78, 5) is 16.5. The molecule has 3 rings (SSSR count). The third kappa shape index (κ3) is 3.98. The van der Waals surface area contributed by atoms with E-state index in [-0.39, 0.29) is 5.91 Å². The zero-order valence-electron chi connectivity index (χ0n) is 12.7. The van der Waals surface area contributed by atoms with Crippen molar-refractivity contribution in [3.05, 3.63) is 81.4 Å². The van der Waals surface area contributed by atoms with Crippen LogP contribution in [0.2, 0.25) is 0 Å². The average Bonchev–Trinajstić information content (AvgIpc) is 2.95. The number of halogens is 1. The normalized spacial score (nSPS) is 10.5. The van der Waals surface area contributed by atoms with Crippen molar-refractivity contribution in [2.24, 2.45) is 0 Å². The number of carbonyl (C=O) groups is 1. The highest BCUT2D eigenvalue weighted by molar-refractivity contribution is 14.1. The highest BCUT2D eigenvalue weighted by atomic mass is 127. The summed E-state index contributed by atoms with van der Waals surface area (Å²) in [6.07, 6.45) is 3.74. The summed E-state index contributed by atoms with van der Waals surface area (Å²) < 4.78 is 3.21. The molecular weight excluding hydrogens is 401 g/mol. The Balaban J connectivity index is 1.67. The van der Waals surface area contributed by atoms with Crippen molar-refractivity contribution in [1.29, 1.82) is 0 Å². The summed E-state index contributed by atoms with van der Waals surface area (Å²) in [6, 6.07) is 15.4. The minimum Gasteiger partial charge on any atom is -0.331 e. The van der Waals surface area contributed by atoms with Crippen LogP contribution in [0.5, 0.6) is 0 Å². The molecule has 0 saturated heterocycles. The topological polar surface area (TPSA) is 46.9 Å². The molecule has 0 atom stereocenters. The zero-order chi connectivity index (χ0) is 16.2. The van der Waals surface area contributed by atoms with E-state index in [0.29, 0.717) is 5.56 Å². The first-order chi connectivity index (χ1) is 11.1. The van der Waals surface area contributed by atoms with Gasteiger partial charge in [0, 0.05) is 33.8 Å². The fraction of sp³-hybridized carbons (Fsp3) is 0.111. The summed E-state index contributed by atoms with van der Waals surface area (Å²) in [5.41, 5.74) is 2.58. The lowest BCUT2D eigenvalue weighted by Crippen LogP contribution is -2.12. The maximum absolute atomic E-state index is 12.3. The molecule has 1 heterocycles. The van der Waals surface area contributed by atoms with Crippen molar-refractivity contribution in [2.75, 3.05) is 5.32 Å². The number of hydrogen-bond acceptors (Lipinski definition) is 2. The Morgan fingerprint density at radius 1 is 1.13 bits per heavy atom. The first-order valence-corrected chi connectivity index (χ1v) is 8.33. The van der Waals surface area contributed by atoms with Crippen molar-refractivity contribution in [3.8, 4) is 0 Å². The number of benzene rings is 2. The number of aryl methyl sites for hydroxylation is 1. The molecule has 0 aliphatic carbocycles. The predicted molar refractivity (Wildman–Crippen MR) is 99.6 cm³/mol. The fourth-order valence-corrected chi connectivity index (χ4v) is 2.63. The Morgan fingerprint density at radius 3 is 2.43 bits per heavy atom. The number of nitrogens with zero attached hydrogens (tertiary/aromatic N) is 2. The Hall–Kier alpha value is -2.15. The molecule has 0 aliphatic rings. The van der Waals surface area contributed by atoms with Crippen LogP contribution < -0.4 is 5.32 Å². The first-order valence-electron chi connectivity index (χ1n) is 7.25. The van der Waals surface area contributed by atoms with Crippen LogP contribution in [0.1, 0.15) is 21.7 Å². The van der Waals surface area contributed by atoms with Gasteiger partial charge in [0.25, 0.3) is 5.91 Å². The molecule has 0 bridgehead atoms. The van der Waals surface area contributed by atoms with Gasteiger partial charge in [0.05, 0.1) is 0 Å².